The van der Waals surface area contributed by atoms with Crippen molar-refractivity contribution >= 4 is 31.1 Å². The highest BCUT2D eigenvalue weighted by atomic mass is 28.3. The first-order chi connectivity index (χ1) is 17.4. The monoisotopic (exact) mass is 525 g/mol. The van der Waals surface area contributed by atoms with Gasteiger partial charge >= 0.3 is 6.09 Å². The number of imidazole rings is 1. The molecule has 10 heteroatoms. The third kappa shape index (κ3) is 7.01. The normalized spacial score (nSPS) is 14.9. The van der Waals surface area contributed by atoms with Crippen LogP contribution in [0.4, 0.5) is 10.6 Å². The van der Waals surface area contributed by atoms with E-state index in [1.54, 1.807) is 17.0 Å². The van der Waals surface area contributed by atoms with Crippen molar-refractivity contribution < 1.29 is 19.4 Å². The molecule has 1 aliphatic rings. The number of piperazine rings is 1. The Morgan fingerprint density at radius 2 is 1.68 bits per heavy atom. The van der Waals surface area contributed by atoms with Gasteiger partial charge < -0.3 is 24.4 Å². The second-order valence-corrected chi connectivity index (χ2v) is 17.3. The first kappa shape index (κ1) is 26.9. The molecule has 3 heterocycles. The van der Waals surface area contributed by atoms with Gasteiger partial charge in [-0.2, -0.15) is 0 Å². The average Bonchev–Trinajstić information content (AvgIpc) is 3.18. The molecule has 0 unspecified atom stereocenters. The number of aromatic hydroxyl groups is 1. The Hall–Kier alpha value is -3.11. The summed E-state index contributed by atoms with van der Waals surface area (Å²) in [5, 5.41) is 9.75. The number of anilines is 1. The number of nitrogens with zero attached hydrogens (tertiary/aromatic N) is 5. The molecule has 0 bridgehead atoms. The first-order valence-electron chi connectivity index (χ1n) is 12.9. The van der Waals surface area contributed by atoms with Crippen molar-refractivity contribution in [1.82, 2.24) is 19.4 Å². The van der Waals surface area contributed by atoms with Gasteiger partial charge in [-0.15, -0.1) is 0 Å². The zero-order valence-electron chi connectivity index (χ0n) is 22.8. The van der Waals surface area contributed by atoms with Crippen molar-refractivity contribution in [1.29, 1.82) is 0 Å². The van der Waals surface area contributed by atoms with Crippen LogP contribution < -0.4 is 4.90 Å². The fourth-order valence-corrected chi connectivity index (χ4v) is 4.86. The van der Waals surface area contributed by atoms with Crippen LogP contribution in [-0.4, -0.2) is 77.1 Å². The van der Waals surface area contributed by atoms with Crippen LogP contribution in [0.25, 0.3) is 22.6 Å². The van der Waals surface area contributed by atoms with Crippen molar-refractivity contribution in [3.63, 3.8) is 0 Å². The van der Waals surface area contributed by atoms with Crippen LogP contribution in [0.1, 0.15) is 20.8 Å². The van der Waals surface area contributed by atoms with Gasteiger partial charge in [0.1, 0.15) is 35.2 Å². The Morgan fingerprint density at radius 1 is 1.00 bits per heavy atom. The summed E-state index contributed by atoms with van der Waals surface area (Å²) < 4.78 is 13.6. The van der Waals surface area contributed by atoms with Crippen LogP contribution in [0.2, 0.25) is 25.7 Å². The van der Waals surface area contributed by atoms with Crippen LogP contribution in [0.15, 0.2) is 36.4 Å². The molecule has 1 aliphatic heterocycles. The molecule has 200 valence electrons. The van der Waals surface area contributed by atoms with E-state index in [1.165, 1.54) is 0 Å². The van der Waals surface area contributed by atoms with Crippen molar-refractivity contribution in [2.24, 2.45) is 0 Å². The lowest BCUT2D eigenvalue weighted by Crippen LogP contribution is -2.50. The summed E-state index contributed by atoms with van der Waals surface area (Å²) in [4.78, 5) is 26.2. The predicted molar refractivity (Wildman–Crippen MR) is 149 cm³/mol. The Bertz CT molecular complexity index is 1220. The molecular weight excluding hydrogens is 486 g/mol. The molecule has 1 aromatic carbocycles. The molecule has 9 nitrogen and oxygen atoms in total. The quantitative estimate of drug-likeness (QED) is 0.336. The van der Waals surface area contributed by atoms with Crippen LogP contribution in [0, 0.1) is 0 Å². The van der Waals surface area contributed by atoms with Crippen molar-refractivity contribution in [3.8, 4) is 17.1 Å². The molecule has 0 atom stereocenters. The minimum Gasteiger partial charge on any atom is -0.508 e. The lowest BCUT2D eigenvalue weighted by atomic mass is 10.2. The minimum atomic E-state index is -1.21. The summed E-state index contributed by atoms with van der Waals surface area (Å²) in [6.45, 7) is 16.2. The maximum atomic E-state index is 12.5. The Labute approximate surface area is 220 Å². The molecule has 2 aromatic heterocycles. The van der Waals surface area contributed by atoms with Crippen LogP contribution in [-0.2, 0) is 16.2 Å². The SMILES string of the molecule is CC(C)(C)OC(=O)N1CCN(c2ccc3nc(-c4ccc(O)cc4)n(COCC[Si](C)(C)C)c3n2)CC1. The number of benzene rings is 1. The molecule has 4 rings (SSSR count). The average molecular weight is 526 g/mol. The van der Waals surface area contributed by atoms with Gasteiger partial charge in [0.2, 0.25) is 0 Å². The van der Waals surface area contributed by atoms with Gasteiger partial charge in [0, 0.05) is 46.4 Å². The number of hydrogen-bond acceptors (Lipinski definition) is 7. The van der Waals surface area contributed by atoms with E-state index < -0.39 is 13.7 Å². The highest BCUT2D eigenvalue weighted by Crippen LogP contribution is 2.28. The fraction of sp³-hybridized carbons (Fsp3) is 0.519. The van der Waals surface area contributed by atoms with E-state index in [0.717, 1.165) is 34.4 Å². The Morgan fingerprint density at radius 3 is 2.30 bits per heavy atom. The second-order valence-electron chi connectivity index (χ2n) is 11.7. The number of phenolic OH excluding ortho intramolecular Hbond substituents is 1. The summed E-state index contributed by atoms with van der Waals surface area (Å²) in [5.74, 6) is 1.81. The van der Waals surface area contributed by atoms with Gasteiger partial charge in [-0.1, -0.05) is 19.6 Å². The minimum absolute atomic E-state index is 0.212. The zero-order chi connectivity index (χ0) is 26.8. The van der Waals surface area contributed by atoms with E-state index >= 15 is 0 Å². The number of hydrogen-bond donors (Lipinski definition) is 1. The number of carbonyl (C=O) groups excluding carboxylic acids is 1. The summed E-state index contributed by atoms with van der Waals surface area (Å²) in [6.07, 6.45) is -0.275. The van der Waals surface area contributed by atoms with Gasteiger partial charge in [0.25, 0.3) is 0 Å². The van der Waals surface area contributed by atoms with Gasteiger partial charge in [-0.25, -0.2) is 14.8 Å². The molecule has 3 aromatic rings. The Kier molecular flexibility index (Phi) is 7.79. The smallest absolute Gasteiger partial charge is 0.410 e. The van der Waals surface area contributed by atoms with E-state index in [9.17, 15) is 9.90 Å². The molecule has 0 spiro atoms. The van der Waals surface area contributed by atoms with E-state index in [0.29, 0.717) is 39.5 Å². The number of aromatic nitrogens is 3. The predicted octanol–water partition coefficient (Wildman–Crippen LogP) is 5.17. The van der Waals surface area contributed by atoms with E-state index in [-0.39, 0.29) is 11.8 Å². The lowest BCUT2D eigenvalue weighted by Gasteiger charge is -2.36. The molecule has 0 aliphatic carbocycles. The molecule has 1 N–H and O–H groups in total. The summed E-state index contributed by atoms with van der Waals surface area (Å²) in [5.41, 5.74) is 1.92. The molecule has 0 radical (unpaired) electrons. The number of fused-ring (bicyclic) bond motifs is 1. The first-order valence-corrected chi connectivity index (χ1v) is 16.6. The van der Waals surface area contributed by atoms with Crippen molar-refractivity contribution in [2.45, 2.75) is 58.8 Å². The fourth-order valence-electron chi connectivity index (χ4n) is 4.10. The number of phenols is 1. The van der Waals surface area contributed by atoms with Gasteiger partial charge in [0.15, 0.2) is 5.65 Å². The van der Waals surface area contributed by atoms with Crippen molar-refractivity contribution in [3.05, 3.63) is 36.4 Å². The number of carbonyl (C=O) groups is 1. The third-order valence-electron chi connectivity index (χ3n) is 6.18. The van der Waals surface area contributed by atoms with E-state index in [4.69, 9.17) is 19.4 Å². The lowest BCUT2D eigenvalue weighted by molar-refractivity contribution is 0.0240. The summed E-state index contributed by atoms with van der Waals surface area (Å²) >= 11 is 0. The number of pyridine rings is 1. The standard InChI is InChI=1S/C27H39N5O4Si/c1-27(2,3)36-26(34)31-15-13-30(14-16-31)23-12-11-22-25(29-23)32(19-35-17-18-37(4,5)6)24(28-22)20-7-9-21(33)10-8-20/h7-12,33H,13-19H2,1-6H3. The zero-order valence-corrected chi connectivity index (χ0v) is 23.8. The highest BCUT2D eigenvalue weighted by molar-refractivity contribution is 6.76. The van der Waals surface area contributed by atoms with E-state index in [1.807, 2.05) is 49.6 Å². The summed E-state index contributed by atoms with van der Waals surface area (Å²) in [6, 6.07) is 12.1. The molecule has 1 amide bonds. The number of ether oxygens (including phenoxy) is 2. The van der Waals surface area contributed by atoms with Crippen LogP contribution in [0.5, 0.6) is 5.75 Å². The topological polar surface area (TPSA) is 93.0 Å². The molecule has 1 saturated heterocycles. The van der Waals surface area contributed by atoms with Gasteiger partial charge in [-0.05, 0) is 63.2 Å². The maximum Gasteiger partial charge on any atom is 0.410 e. The van der Waals surface area contributed by atoms with Crippen LogP contribution in [0.3, 0.4) is 0 Å². The highest BCUT2D eigenvalue weighted by Gasteiger charge is 2.27. The van der Waals surface area contributed by atoms with Crippen LogP contribution >= 0.6 is 0 Å². The number of rotatable bonds is 7. The molecular formula is C27H39N5O4Si. The second kappa shape index (κ2) is 10.7. The maximum absolute atomic E-state index is 12.5. The van der Waals surface area contributed by atoms with E-state index in [2.05, 4.69) is 24.5 Å². The summed E-state index contributed by atoms with van der Waals surface area (Å²) in [7, 11) is -1.21. The van der Waals surface area contributed by atoms with Gasteiger partial charge in [0.05, 0.1) is 0 Å². The largest absolute Gasteiger partial charge is 0.508 e. The van der Waals surface area contributed by atoms with Crippen molar-refractivity contribution in [2.75, 3.05) is 37.7 Å². The molecule has 37 heavy (non-hydrogen) atoms. The number of amides is 1. The Balaban J connectivity index is 1.56. The van der Waals surface area contributed by atoms with Gasteiger partial charge in [-0.3, -0.25) is 4.57 Å². The molecule has 0 saturated carbocycles. The third-order valence-corrected chi connectivity index (χ3v) is 7.88. The molecule has 1 fully saturated rings.